The van der Waals surface area contributed by atoms with Crippen LogP contribution in [-0.4, -0.2) is 5.97 Å². The van der Waals surface area contributed by atoms with Gasteiger partial charge >= 0.3 is 0 Å². The minimum absolute atomic E-state index is 0.228. The monoisotopic (exact) mass is 165 g/mol. The number of aromatic carboxylic acids is 1. The van der Waals surface area contributed by atoms with Gasteiger partial charge in [0.15, 0.2) is 12.4 Å². The Balaban J connectivity index is 2.88. The normalized spacial score (nSPS) is 9.75. The van der Waals surface area contributed by atoms with Crippen LogP contribution in [0.25, 0.3) is 0 Å². The van der Waals surface area contributed by atoms with Crippen molar-refractivity contribution in [3.63, 3.8) is 0 Å². The number of pyridine rings is 1. The largest absolute Gasteiger partial charge is 0.545 e. The summed E-state index contributed by atoms with van der Waals surface area (Å²) >= 11 is 0. The molecule has 1 aromatic rings. The molecule has 0 fully saturated rings. The second-order valence-electron chi connectivity index (χ2n) is 2.62. The van der Waals surface area contributed by atoms with Gasteiger partial charge < -0.3 is 9.90 Å². The lowest BCUT2D eigenvalue weighted by Gasteiger charge is -1.99. The number of aromatic nitrogens is 1. The lowest BCUT2D eigenvalue weighted by Crippen LogP contribution is -2.35. The van der Waals surface area contributed by atoms with Crippen molar-refractivity contribution in [1.29, 1.82) is 0 Å². The third-order valence-electron chi connectivity index (χ3n) is 1.58. The Morgan fingerprint density at radius 2 is 2.42 bits per heavy atom. The Labute approximate surface area is 71.3 Å². The van der Waals surface area contributed by atoms with Crippen LogP contribution in [0.5, 0.6) is 0 Å². The fraction of sp³-hybridized carbons (Fsp3) is 0.333. The molecule has 0 aliphatic rings. The molecule has 0 aliphatic heterocycles. The van der Waals surface area contributed by atoms with E-state index in [0.717, 1.165) is 13.0 Å². The highest BCUT2D eigenvalue weighted by Gasteiger charge is 2.00. The zero-order valence-electron chi connectivity index (χ0n) is 6.99. The van der Waals surface area contributed by atoms with Gasteiger partial charge in [-0.05, 0) is 6.07 Å². The molecule has 3 heteroatoms. The second kappa shape index (κ2) is 3.85. The van der Waals surface area contributed by atoms with E-state index in [0.29, 0.717) is 0 Å². The summed E-state index contributed by atoms with van der Waals surface area (Å²) in [6.07, 6.45) is 4.41. The summed E-state index contributed by atoms with van der Waals surface area (Å²) in [7, 11) is 0. The van der Waals surface area contributed by atoms with Gasteiger partial charge in [0.25, 0.3) is 0 Å². The van der Waals surface area contributed by atoms with E-state index in [4.69, 9.17) is 0 Å². The molecule has 0 aliphatic carbocycles. The molecule has 0 unspecified atom stereocenters. The maximum atomic E-state index is 10.4. The van der Waals surface area contributed by atoms with Crippen molar-refractivity contribution in [3.8, 4) is 0 Å². The van der Waals surface area contributed by atoms with E-state index < -0.39 is 5.97 Å². The van der Waals surface area contributed by atoms with Crippen LogP contribution >= 0.6 is 0 Å². The highest BCUT2D eigenvalue weighted by atomic mass is 16.4. The molecule has 12 heavy (non-hydrogen) atoms. The minimum atomic E-state index is -1.12. The van der Waals surface area contributed by atoms with Gasteiger partial charge in [-0.1, -0.05) is 6.92 Å². The van der Waals surface area contributed by atoms with Crippen LogP contribution in [0, 0.1) is 0 Å². The van der Waals surface area contributed by atoms with E-state index in [1.54, 1.807) is 12.3 Å². The van der Waals surface area contributed by atoms with Crippen molar-refractivity contribution in [2.45, 2.75) is 19.9 Å². The molecular formula is C9H11NO2. The highest BCUT2D eigenvalue weighted by molar-refractivity contribution is 5.84. The fourth-order valence-corrected chi connectivity index (χ4v) is 1.04. The average Bonchev–Trinajstić information content (AvgIpc) is 2.05. The van der Waals surface area contributed by atoms with E-state index in [9.17, 15) is 9.90 Å². The van der Waals surface area contributed by atoms with E-state index >= 15 is 0 Å². The molecular weight excluding hydrogens is 154 g/mol. The topological polar surface area (TPSA) is 44.0 Å². The van der Waals surface area contributed by atoms with Crippen molar-refractivity contribution in [3.05, 3.63) is 30.1 Å². The predicted molar refractivity (Wildman–Crippen MR) is 41.3 cm³/mol. The minimum Gasteiger partial charge on any atom is -0.545 e. The quantitative estimate of drug-likeness (QED) is 0.579. The summed E-state index contributed by atoms with van der Waals surface area (Å²) in [5.41, 5.74) is 0.228. The number of hydrogen-bond acceptors (Lipinski definition) is 2. The van der Waals surface area contributed by atoms with Crippen LogP contribution in [-0.2, 0) is 6.54 Å². The van der Waals surface area contributed by atoms with Crippen LogP contribution in [0.3, 0.4) is 0 Å². The van der Waals surface area contributed by atoms with Gasteiger partial charge in [0.2, 0.25) is 0 Å². The molecule has 1 aromatic heterocycles. The Hall–Kier alpha value is -1.38. The maximum Gasteiger partial charge on any atom is 0.177 e. The van der Waals surface area contributed by atoms with Crippen LogP contribution in [0.15, 0.2) is 24.5 Å². The van der Waals surface area contributed by atoms with E-state index in [2.05, 4.69) is 0 Å². The number of carboxylic acid groups (broad SMARTS) is 1. The number of hydrogen-bond donors (Lipinski definition) is 0. The van der Waals surface area contributed by atoms with E-state index in [-0.39, 0.29) is 5.56 Å². The van der Waals surface area contributed by atoms with Gasteiger partial charge in [0.05, 0.1) is 11.5 Å². The fourth-order valence-electron chi connectivity index (χ4n) is 1.04. The van der Waals surface area contributed by atoms with Gasteiger partial charge in [-0.2, -0.15) is 0 Å². The molecule has 0 bridgehead atoms. The van der Waals surface area contributed by atoms with Gasteiger partial charge in [0.1, 0.15) is 6.54 Å². The standard InChI is InChI=1S/C9H11NO2/c1-2-5-10-6-3-4-8(7-10)9(11)12/h3-4,6-7H,2,5H2,1H3. The van der Waals surface area contributed by atoms with Gasteiger partial charge in [-0.15, -0.1) is 0 Å². The summed E-state index contributed by atoms with van der Waals surface area (Å²) in [6.45, 7) is 2.87. The molecule has 0 atom stereocenters. The van der Waals surface area contributed by atoms with E-state index in [1.807, 2.05) is 17.7 Å². The van der Waals surface area contributed by atoms with Crippen LogP contribution < -0.4 is 9.67 Å². The predicted octanol–water partition coefficient (Wildman–Crippen LogP) is -0.252. The summed E-state index contributed by atoms with van der Waals surface area (Å²) in [5, 5.41) is 10.4. The first kappa shape index (κ1) is 8.71. The SMILES string of the molecule is CCC[n+]1cccc(C(=O)[O-])c1. The van der Waals surface area contributed by atoms with Crippen molar-refractivity contribution in [2.24, 2.45) is 0 Å². The Morgan fingerprint density at radius 3 is 3.00 bits per heavy atom. The maximum absolute atomic E-state index is 10.4. The molecule has 3 nitrogen and oxygen atoms in total. The first-order valence-electron chi connectivity index (χ1n) is 3.94. The first-order valence-corrected chi connectivity index (χ1v) is 3.94. The first-order chi connectivity index (χ1) is 5.74. The lowest BCUT2D eigenvalue weighted by atomic mass is 10.3. The van der Waals surface area contributed by atoms with Crippen molar-refractivity contribution >= 4 is 5.97 Å². The number of carbonyl (C=O) groups is 1. The Bertz CT molecular complexity index is 284. The summed E-state index contributed by atoms with van der Waals surface area (Å²) in [4.78, 5) is 10.4. The Morgan fingerprint density at radius 1 is 1.67 bits per heavy atom. The van der Waals surface area contributed by atoms with Gasteiger partial charge in [-0.25, -0.2) is 4.57 Å². The van der Waals surface area contributed by atoms with Crippen LogP contribution in [0.4, 0.5) is 0 Å². The van der Waals surface area contributed by atoms with Crippen molar-refractivity contribution < 1.29 is 14.5 Å². The summed E-state index contributed by atoms with van der Waals surface area (Å²) in [5.74, 6) is -1.12. The summed E-state index contributed by atoms with van der Waals surface area (Å²) in [6, 6.07) is 3.24. The highest BCUT2D eigenvalue weighted by Crippen LogP contribution is 1.91. The zero-order valence-corrected chi connectivity index (χ0v) is 6.99. The number of aryl methyl sites for hydroxylation is 1. The molecule has 64 valence electrons. The van der Waals surface area contributed by atoms with Gasteiger partial charge in [-0.3, -0.25) is 0 Å². The Kier molecular flexibility index (Phi) is 2.80. The molecule has 0 amide bonds. The number of carboxylic acids is 1. The van der Waals surface area contributed by atoms with Crippen LogP contribution in [0.2, 0.25) is 0 Å². The average molecular weight is 165 g/mol. The zero-order chi connectivity index (χ0) is 8.97. The molecule has 0 saturated heterocycles. The second-order valence-corrected chi connectivity index (χ2v) is 2.62. The molecule has 0 N–H and O–H groups in total. The van der Waals surface area contributed by atoms with E-state index in [1.165, 1.54) is 6.07 Å². The molecule has 1 heterocycles. The third-order valence-corrected chi connectivity index (χ3v) is 1.58. The number of rotatable bonds is 3. The third kappa shape index (κ3) is 2.05. The molecule has 0 aromatic carbocycles. The molecule has 0 spiro atoms. The molecule has 1 rings (SSSR count). The number of nitrogens with zero attached hydrogens (tertiary/aromatic N) is 1. The molecule has 0 radical (unpaired) electrons. The van der Waals surface area contributed by atoms with Crippen LogP contribution in [0.1, 0.15) is 23.7 Å². The summed E-state index contributed by atoms with van der Waals surface area (Å²) < 4.78 is 1.84. The number of carbonyl (C=O) groups excluding carboxylic acids is 1. The lowest BCUT2D eigenvalue weighted by molar-refractivity contribution is -0.697. The van der Waals surface area contributed by atoms with Crippen molar-refractivity contribution in [1.82, 2.24) is 0 Å². The van der Waals surface area contributed by atoms with Gasteiger partial charge in [0, 0.05) is 12.5 Å². The van der Waals surface area contributed by atoms with Crippen molar-refractivity contribution in [2.75, 3.05) is 0 Å². The molecule has 0 saturated carbocycles. The smallest absolute Gasteiger partial charge is 0.177 e.